The van der Waals surface area contributed by atoms with Gasteiger partial charge in [-0.05, 0) is 12.8 Å². The highest BCUT2D eigenvalue weighted by Gasteiger charge is 2.30. The predicted octanol–water partition coefficient (Wildman–Crippen LogP) is -0.450. The molecule has 0 saturated carbocycles. The number of aromatic nitrogens is 4. The zero-order chi connectivity index (χ0) is 15.5. The molecule has 1 amide bonds. The lowest BCUT2D eigenvalue weighted by Crippen LogP contribution is -2.54. The Balaban J connectivity index is 2.39. The van der Waals surface area contributed by atoms with Gasteiger partial charge in [-0.15, -0.1) is 0 Å². The van der Waals surface area contributed by atoms with Crippen molar-refractivity contribution >= 4 is 11.7 Å². The van der Waals surface area contributed by atoms with Crippen molar-refractivity contribution < 1.29 is 15.0 Å². The fourth-order valence-electron chi connectivity index (χ4n) is 2.10. The molecule has 3 N–H and O–H groups in total. The van der Waals surface area contributed by atoms with Crippen molar-refractivity contribution in [3.63, 3.8) is 0 Å². The van der Waals surface area contributed by atoms with Crippen LogP contribution in [0.15, 0.2) is 12.5 Å². The minimum Gasteiger partial charge on any atom is -0.394 e. The van der Waals surface area contributed by atoms with Gasteiger partial charge in [-0.2, -0.15) is 10.1 Å². The summed E-state index contributed by atoms with van der Waals surface area (Å²) >= 11 is 0. The van der Waals surface area contributed by atoms with Gasteiger partial charge in [-0.3, -0.25) is 4.79 Å². The molecule has 2 heterocycles. The van der Waals surface area contributed by atoms with Crippen LogP contribution in [0.1, 0.15) is 36.3 Å². The normalized spacial score (nSPS) is 11.8. The molecule has 0 aliphatic rings. The third kappa shape index (κ3) is 2.72. The molecule has 0 aliphatic heterocycles. The Morgan fingerprint density at radius 1 is 1.33 bits per heavy atom. The maximum Gasteiger partial charge on any atom is 0.255 e. The Hall–Kier alpha value is -2.06. The van der Waals surface area contributed by atoms with Gasteiger partial charge < -0.3 is 15.5 Å². The number of nitrogens with one attached hydrogen (secondary N) is 1. The van der Waals surface area contributed by atoms with Crippen LogP contribution < -0.4 is 5.32 Å². The Kier molecular flexibility index (Phi) is 4.49. The highest BCUT2D eigenvalue weighted by atomic mass is 16.3. The molecule has 2 aromatic rings. The van der Waals surface area contributed by atoms with E-state index in [0.29, 0.717) is 29.9 Å². The molecule has 8 nitrogen and oxygen atoms in total. The third-order valence-corrected chi connectivity index (χ3v) is 3.65. The summed E-state index contributed by atoms with van der Waals surface area (Å²) < 4.78 is 1.51. The van der Waals surface area contributed by atoms with E-state index in [1.165, 1.54) is 17.0 Å². The van der Waals surface area contributed by atoms with Crippen molar-refractivity contribution in [3.05, 3.63) is 23.8 Å². The van der Waals surface area contributed by atoms with E-state index in [0.717, 1.165) is 0 Å². The van der Waals surface area contributed by atoms with Crippen LogP contribution in [0.25, 0.3) is 5.78 Å². The summed E-state index contributed by atoms with van der Waals surface area (Å²) in [4.78, 5) is 20.5. The maximum atomic E-state index is 12.4. The SMILES string of the molecule is CCc1c(C(=O)NC(CC)(CO)CO)cnc2ncnn12. The van der Waals surface area contributed by atoms with Gasteiger partial charge in [-0.1, -0.05) is 13.8 Å². The summed E-state index contributed by atoms with van der Waals surface area (Å²) in [7, 11) is 0. The molecule has 0 spiro atoms. The lowest BCUT2D eigenvalue weighted by Gasteiger charge is -2.29. The van der Waals surface area contributed by atoms with Gasteiger partial charge in [0.05, 0.1) is 30.0 Å². The number of rotatable bonds is 6. The van der Waals surface area contributed by atoms with Crippen LogP contribution in [-0.2, 0) is 6.42 Å². The number of amides is 1. The fourth-order valence-corrected chi connectivity index (χ4v) is 2.10. The monoisotopic (exact) mass is 293 g/mol. The first-order valence-electron chi connectivity index (χ1n) is 6.82. The highest BCUT2D eigenvalue weighted by molar-refractivity contribution is 5.95. The van der Waals surface area contributed by atoms with Crippen molar-refractivity contribution in [3.8, 4) is 0 Å². The summed E-state index contributed by atoms with van der Waals surface area (Å²) in [5, 5.41) is 25.6. The maximum absolute atomic E-state index is 12.4. The van der Waals surface area contributed by atoms with Gasteiger partial charge in [0, 0.05) is 6.20 Å². The number of aliphatic hydroxyl groups excluding tert-OH is 2. The molecule has 0 aliphatic carbocycles. The van der Waals surface area contributed by atoms with E-state index in [9.17, 15) is 15.0 Å². The van der Waals surface area contributed by atoms with Crippen molar-refractivity contribution in [2.75, 3.05) is 13.2 Å². The van der Waals surface area contributed by atoms with Crippen molar-refractivity contribution in [1.82, 2.24) is 24.9 Å². The summed E-state index contributed by atoms with van der Waals surface area (Å²) in [6.45, 7) is 3.00. The Labute approximate surface area is 121 Å². The fraction of sp³-hybridized carbons (Fsp3) is 0.538. The van der Waals surface area contributed by atoms with Crippen LogP contribution >= 0.6 is 0 Å². The molecule has 21 heavy (non-hydrogen) atoms. The van der Waals surface area contributed by atoms with Crippen LogP contribution in [0.4, 0.5) is 0 Å². The van der Waals surface area contributed by atoms with Gasteiger partial charge in [0.25, 0.3) is 11.7 Å². The zero-order valence-electron chi connectivity index (χ0n) is 12.1. The minimum absolute atomic E-state index is 0.341. The van der Waals surface area contributed by atoms with Crippen LogP contribution in [0.3, 0.4) is 0 Å². The molecule has 0 radical (unpaired) electrons. The largest absolute Gasteiger partial charge is 0.394 e. The van der Waals surface area contributed by atoms with Gasteiger partial charge in [0.15, 0.2) is 0 Å². The van der Waals surface area contributed by atoms with Crippen molar-refractivity contribution in [1.29, 1.82) is 0 Å². The number of nitrogens with zero attached hydrogens (tertiary/aromatic N) is 4. The number of aliphatic hydroxyl groups is 2. The van der Waals surface area contributed by atoms with Crippen molar-refractivity contribution in [2.24, 2.45) is 0 Å². The number of aryl methyl sites for hydroxylation is 1. The number of hydrogen-bond acceptors (Lipinski definition) is 6. The first-order chi connectivity index (χ1) is 10.1. The number of carbonyl (C=O) groups excluding carboxylic acids is 1. The first kappa shape index (κ1) is 15.3. The van der Waals surface area contributed by atoms with Crippen LogP contribution in [0, 0.1) is 0 Å². The smallest absolute Gasteiger partial charge is 0.255 e. The van der Waals surface area contributed by atoms with E-state index in [2.05, 4.69) is 20.4 Å². The summed E-state index contributed by atoms with van der Waals surface area (Å²) in [5.74, 6) is 0.0242. The molecule has 0 atom stereocenters. The van der Waals surface area contributed by atoms with E-state index >= 15 is 0 Å². The van der Waals surface area contributed by atoms with E-state index < -0.39 is 11.4 Å². The topological polar surface area (TPSA) is 113 Å². The Morgan fingerprint density at radius 2 is 2.05 bits per heavy atom. The molecule has 2 aromatic heterocycles. The second kappa shape index (κ2) is 6.15. The minimum atomic E-state index is -1.04. The number of hydrogen-bond donors (Lipinski definition) is 3. The third-order valence-electron chi connectivity index (χ3n) is 3.65. The predicted molar refractivity (Wildman–Crippen MR) is 74.8 cm³/mol. The molecule has 114 valence electrons. The summed E-state index contributed by atoms with van der Waals surface area (Å²) in [5.41, 5.74) is -0.00881. The molecular formula is C13H19N5O3. The van der Waals surface area contributed by atoms with Crippen LogP contribution in [0.5, 0.6) is 0 Å². The summed E-state index contributed by atoms with van der Waals surface area (Å²) in [6.07, 6.45) is 3.79. The van der Waals surface area contributed by atoms with Gasteiger partial charge in [0.2, 0.25) is 0 Å². The molecule has 0 bridgehead atoms. The second-order valence-corrected chi connectivity index (χ2v) is 4.85. The number of fused-ring (bicyclic) bond motifs is 1. The second-order valence-electron chi connectivity index (χ2n) is 4.85. The number of carbonyl (C=O) groups is 1. The lowest BCUT2D eigenvalue weighted by atomic mass is 9.97. The van der Waals surface area contributed by atoms with Gasteiger partial charge in [-0.25, -0.2) is 9.50 Å². The average Bonchev–Trinajstić information content (AvgIpc) is 3.00. The van der Waals surface area contributed by atoms with E-state index in [1.807, 2.05) is 6.92 Å². The Morgan fingerprint density at radius 3 is 2.62 bits per heavy atom. The molecular weight excluding hydrogens is 274 g/mol. The standard InChI is InChI=1S/C13H19N5O3/c1-3-10-9(5-14-12-15-8-16-18(10)12)11(21)17-13(4-2,6-19)7-20/h5,8,19-20H,3-4,6-7H2,1-2H3,(H,17,21). The van der Waals surface area contributed by atoms with Gasteiger partial charge in [0.1, 0.15) is 6.33 Å². The Bertz CT molecular complexity index is 628. The average molecular weight is 293 g/mol. The molecule has 0 fully saturated rings. The van der Waals surface area contributed by atoms with Gasteiger partial charge >= 0.3 is 0 Å². The van der Waals surface area contributed by atoms with Crippen LogP contribution in [-0.4, -0.2) is 54.5 Å². The summed E-state index contributed by atoms with van der Waals surface area (Å²) in [6, 6.07) is 0. The molecule has 2 rings (SSSR count). The van der Waals surface area contributed by atoms with E-state index in [-0.39, 0.29) is 13.2 Å². The zero-order valence-corrected chi connectivity index (χ0v) is 12.1. The first-order valence-corrected chi connectivity index (χ1v) is 6.82. The molecule has 8 heteroatoms. The van der Waals surface area contributed by atoms with E-state index in [1.54, 1.807) is 6.92 Å². The molecule has 0 aromatic carbocycles. The lowest BCUT2D eigenvalue weighted by molar-refractivity contribution is 0.0651. The quantitative estimate of drug-likeness (QED) is 0.665. The van der Waals surface area contributed by atoms with E-state index in [4.69, 9.17) is 0 Å². The van der Waals surface area contributed by atoms with Crippen LogP contribution in [0.2, 0.25) is 0 Å². The highest BCUT2D eigenvalue weighted by Crippen LogP contribution is 2.14. The molecule has 0 unspecified atom stereocenters. The van der Waals surface area contributed by atoms with Crippen molar-refractivity contribution in [2.45, 2.75) is 32.2 Å². The molecule has 0 saturated heterocycles.